The average molecular weight is 327 g/mol. The highest BCUT2D eigenvalue weighted by Gasteiger charge is 2.38. The molecule has 2 N–H and O–H groups in total. The van der Waals surface area contributed by atoms with E-state index in [1.807, 2.05) is 0 Å². The molecule has 1 atom stereocenters. The monoisotopic (exact) mass is 327 g/mol. The fourth-order valence-corrected chi connectivity index (χ4v) is 3.24. The third-order valence-electron chi connectivity index (χ3n) is 3.42. The van der Waals surface area contributed by atoms with Crippen molar-refractivity contribution in [3.8, 4) is 0 Å². The van der Waals surface area contributed by atoms with Gasteiger partial charge in [0.15, 0.2) is 0 Å². The standard InChI is InChI=1S/C15H18FNO4S/c16-11-3-1-2-4-12(11)22-8-5-13(18)17-15(9-14(19)20)6-7-21-10-15/h1-4H,5-10H2,(H,17,18)(H,19,20). The van der Waals surface area contributed by atoms with E-state index in [1.54, 1.807) is 18.2 Å². The molecule has 1 heterocycles. The predicted molar refractivity (Wildman–Crippen MR) is 80.3 cm³/mol. The van der Waals surface area contributed by atoms with Gasteiger partial charge in [-0.1, -0.05) is 12.1 Å². The lowest BCUT2D eigenvalue weighted by Gasteiger charge is -2.27. The zero-order valence-corrected chi connectivity index (χ0v) is 12.8. The molecule has 1 aromatic rings. The number of carboxylic acids is 1. The molecule has 0 bridgehead atoms. The molecule has 0 saturated carbocycles. The van der Waals surface area contributed by atoms with Crippen LogP contribution in [-0.2, 0) is 14.3 Å². The lowest BCUT2D eigenvalue weighted by Crippen LogP contribution is -2.50. The Morgan fingerprint density at radius 3 is 2.82 bits per heavy atom. The van der Waals surface area contributed by atoms with Gasteiger partial charge in [0.05, 0.1) is 18.6 Å². The number of thioether (sulfide) groups is 1. The molecule has 22 heavy (non-hydrogen) atoms. The topological polar surface area (TPSA) is 75.6 Å². The number of carbonyl (C=O) groups is 2. The third-order valence-corrected chi connectivity index (χ3v) is 4.47. The molecule has 0 aromatic heterocycles. The molecular weight excluding hydrogens is 309 g/mol. The van der Waals surface area contributed by atoms with Gasteiger partial charge in [0.25, 0.3) is 0 Å². The van der Waals surface area contributed by atoms with Gasteiger partial charge in [-0.2, -0.15) is 0 Å². The summed E-state index contributed by atoms with van der Waals surface area (Å²) < 4.78 is 18.7. The Morgan fingerprint density at radius 1 is 1.41 bits per heavy atom. The number of rotatable bonds is 7. The number of benzene rings is 1. The number of ether oxygens (including phenoxy) is 1. The minimum atomic E-state index is -0.966. The van der Waals surface area contributed by atoms with Crippen LogP contribution in [0.2, 0.25) is 0 Å². The Balaban J connectivity index is 1.82. The average Bonchev–Trinajstić information content (AvgIpc) is 2.88. The maximum Gasteiger partial charge on any atom is 0.305 e. The molecule has 1 aliphatic rings. The first kappa shape index (κ1) is 16.8. The zero-order chi connectivity index (χ0) is 16.0. The van der Waals surface area contributed by atoms with Gasteiger partial charge in [-0.05, 0) is 18.6 Å². The van der Waals surface area contributed by atoms with Crippen LogP contribution in [0.25, 0.3) is 0 Å². The van der Waals surface area contributed by atoms with Gasteiger partial charge in [0.1, 0.15) is 5.82 Å². The number of aliphatic carboxylic acids is 1. The van der Waals surface area contributed by atoms with Crippen LogP contribution < -0.4 is 5.32 Å². The largest absolute Gasteiger partial charge is 0.481 e. The van der Waals surface area contributed by atoms with Gasteiger partial charge in [-0.3, -0.25) is 9.59 Å². The van der Waals surface area contributed by atoms with Crippen LogP contribution in [0, 0.1) is 5.82 Å². The van der Waals surface area contributed by atoms with Crippen molar-refractivity contribution in [2.75, 3.05) is 19.0 Å². The highest BCUT2D eigenvalue weighted by Crippen LogP contribution is 2.24. The maximum absolute atomic E-state index is 13.4. The molecular formula is C15H18FNO4S. The van der Waals surface area contributed by atoms with Crippen molar-refractivity contribution in [3.63, 3.8) is 0 Å². The summed E-state index contributed by atoms with van der Waals surface area (Å²) in [5.41, 5.74) is -0.814. The number of hydrogen-bond acceptors (Lipinski definition) is 4. The third kappa shape index (κ3) is 4.71. The Hall–Kier alpha value is -1.60. The number of hydrogen-bond donors (Lipinski definition) is 2. The van der Waals surface area contributed by atoms with Gasteiger partial charge >= 0.3 is 5.97 Å². The van der Waals surface area contributed by atoms with Gasteiger partial charge in [0, 0.05) is 23.7 Å². The van der Waals surface area contributed by atoms with Crippen LogP contribution in [-0.4, -0.2) is 41.5 Å². The Kier molecular flexibility index (Phi) is 5.79. The van der Waals surface area contributed by atoms with Crippen LogP contribution >= 0.6 is 11.8 Å². The summed E-state index contributed by atoms with van der Waals surface area (Å²) in [4.78, 5) is 23.4. The number of carbonyl (C=O) groups excluding carboxylic acids is 1. The highest BCUT2D eigenvalue weighted by atomic mass is 32.2. The van der Waals surface area contributed by atoms with Crippen molar-refractivity contribution in [2.24, 2.45) is 0 Å². The molecule has 0 spiro atoms. The second kappa shape index (κ2) is 7.60. The minimum absolute atomic E-state index is 0.154. The normalized spacial score (nSPS) is 20.8. The van der Waals surface area contributed by atoms with Crippen LogP contribution in [0.4, 0.5) is 4.39 Å². The van der Waals surface area contributed by atoms with Crippen molar-refractivity contribution in [3.05, 3.63) is 30.1 Å². The molecule has 1 aromatic carbocycles. The van der Waals surface area contributed by atoms with Gasteiger partial charge in [0.2, 0.25) is 5.91 Å². The second-order valence-electron chi connectivity index (χ2n) is 5.23. The first-order valence-corrected chi connectivity index (χ1v) is 7.97. The van der Waals surface area contributed by atoms with Crippen LogP contribution in [0.15, 0.2) is 29.2 Å². The van der Waals surface area contributed by atoms with Crippen LogP contribution in [0.3, 0.4) is 0 Å². The maximum atomic E-state index is 13.4. The first-order valence-electron chi connectivity index (χ1n) is 6.99. The Morgan fingerprint density at radius 2 is 2.18 bits per heavy atom. The van der Waals surface area contributed by atoms with E-state index in [1.165, 1.54) is 17.8 Å². The molecule has 1 aliphatic heterocycles. The molecule has 5 nitrogen and oxygen atoms in total. The summed E-state index contributed by atoms with van der Waals surface area (Å²) >= 11 is 1.26. The predicted octanol–water partition coefficient (Wildman–Crippen LogP) is 2.06. The second-order valence-corrected chi connectivity index (χ2v) is 6.37. The van der Waals surface area contributed by atoms with E-state index in [9.17, 15) is 14.0 Å². The van der Waals surface area contributed by atoms with Crippen LogP contribution in [0.1, 0.15) is 19.3 Å². The minimum Gasteiger partial charge on any atom is -0.481 e. The Labute approximate surface area is 132 Å². The molecule has 0 radical (unpaired) electrons. The van der Waals surface area contributed by atoms with Crippen molar-refractivity contribution < 1.29 is 23.8 Å². The molecule has 1 unspecified atom stereocenters. The molecule has 2 rings (SSSR count). The summed E-state index contributed by atoms with van der Waals surface area (Å²) in [5, 5.41) is 11.7. The molecule has 1 saturated heterocycles. The molecule has 7 heteroatoms. The first-order chi connectivity index (χ1) is 10.5. The smallest absolute Gasteiger partial charge is 0.305 e. The van der Waals surface area contributed by atoms with E-state index < -0.39 is 11.5 Å². The van der Waals surface area contributed by atoms with Gasteiger partial charge < -0.3 is 15.2 Å². The van der Waals surface area contributed by atoms with Crippen molar-refractivity contribution in [1.29, 1.82) is 0 Å². The van der Waals surface area contributed by atoms with Crippen molar-refractivity contribution in [2.45, 2.75) is 29.7 Å². The van der Waals surface area contributed by atoms with E-state index in [4.69, 9.17) is 9.84 Å². The fourth-order valence-electron chi connectivity index (χ4n) is 2.35. The summed E-state index contributed by atoms with van der Waals surface area (Å²) in [7, 11) is 0. The van der Waals surface area contributed by atoms with Crippen molar-refractivity contribution in [1.82, 2.24) is 5.32 Å². The molecule has 0 aliphatic carbocycles. The van der Waals surface area contributed by atoms with Gasteiger partial charge in [-0.25, -0.2) is 4.39 Å². The van der Waals surface area contributed by atoms with E-state index in [0.717, 1.165) is 0 Å². The summed E-state index contributed by atoms with van der Waals surface area (Å²) in [6.07, 6.45) is 0.533. The van der Waals surface area contributed by atoms with E-state index >= 15 is 0 Å². The number of halogens is 1. The quantitative estimate of drug-likeness (QED) is 0.750. The van der Waals surface area contributed by atoms with E-state index in [0.29, 0.717) is 23.7 Å². The summed E-state index contributed by atoms with van der Waals surface area (Å²) in [5.74, 6) is -1.09. The van der Waals surface area contributed by atoms with Crippen LogP contribution in [0.5, 0.6) is 0 Å². The molecule has 120 valence electrons. The van der Waals surface area contributed by atoms with Gasteiger partial charge in [-0.15, -0.1) is 11.8 Å². The number of carboxylic acid groups (broad SMARTS) is 1. The summed E-state index contributed by atoms with van der Waals surface area (Å²) in [6.45, 7) is 0.656. The fraction of sp³-hybridized carbons (Fsp3) is 0.467. The van der Waals surface area contributed by atoms with Crippen molar-refractivity contribution >= 4 is 23.6 Å². The highest BCUT2D eigenvalue weighted by molar-refractivity contribution is 7.99. The lowest BCUT2D eigenvalue weighted by molar-refractivity contribution is -0.139. The van der Waals surface area contributed by atoms with E-state index in [2.05, 4.69) is 5.32 Å². The molecule has 1 fully saturated rings. The number of amides is 1. The van der Waals surface area contributed by atoms with E-state index in [-0.39, 0.29) is 31.2 Å². The SMILES string of the molecule is O=C(O)CC1(NC(=O)CCSc2ccccc2F)CCOC1. The lowest BCUT2D eigenvalue weighted by atomic mass is 9.94. The zero-order valence-electron chi connectivity index (χ0n) is 12.0. The number of nitrogens with one attached hydrogen (secondary N) is 1. The summed E-state index contributed by atoms with van der Waals surface area (Å²) in [6, 6.07) is 6.39. The molecule has 1 amide bonds. The Bertz CT molecular complexity index is 546.